The highest BCUT2D eigenvalue weighted by Crippen LogP contribution is 2.22. The lowest BCUT2D eigenvalue weighted by Crippen LogP contribution is -2.52. The summed E-state index contributed by atoms with van der Waals surface area (Å²) >= 11 is 0. The van der Waals surface area contributed by atoms with Crippen LogP contribution in [0.5, 0.6) is 0 Å². The lowest BCUT2D eigenvalue weighted by molar-refractivity contribution is -0.929. The molecule has 0 aliphatic rings. The molecule has 0 aliphatic heterocycles. The Morgan fingerprint density at radius 2 is 0.975 bits per heavy atom. The fraction of sp³-hybridized carbons (Fsp3) is 0.848. The van der Waals surface area contributed by atoms with E-state index < -0.39 is 35.7 Å². The van der Waals surface area contributed by atoms with Crippen LogP contribution in [0.2, 0.25) is 0 Å². The van der Waals surface area contributed by atoms with E-state index >= 15 is 0 Å². The van der Waals surface area contributed by atoms with Crippen molar-refractivity contribution < 1.29 is 34.2 Å². The van der Waals surface area contributed by atoms with E-state index in [1.165, 1.54) is 70.6 Å². The van der Waals surface area contributed by atoms with Crippen molar-refractivity contribution in [2.45, 2.75) is 137 Å². The van der Waals surface area contributed by atoms with Crippen LogP contribution < -0.4 is 5.11 Å². The number of carbonyl (C=O) groups is 3. The molecule has 0 aromatic heterocycles. The normalized spacial score (nSPS) is 15.5. The molecule has 3 atom stereocenters. The zero-order chi connectivity index (χ0) is 30.2. The number of carbonyl (C=O) groups excluding carboxylic acids is 1. The Kier molecular flexibility index (Phi) is 22.7. The summed E-state index contributed by atoms with van der Waals surface area (Å²) in [6, 6.07) is 0. The fourth-order valence-electron chi connectivity index (χ4n) is 5.14. The molecule has 0 aromatic rings. The molecule has 0 amide bonds. The van der Waals surface area contributed by atoms with Gasteiger partial charge in [-0.1, -0.05) is 97.6 Å². The monoisotopic (exact) mass is 567 g/mol. The summed E-state index contributed by atoms with van der Waals surface area (Å²) in [5.74, 6) is -4.31. The minimum Gasteiger partial charge on any atom is -0.550 e. The zero-order valence-corrected chi connectivity index (χ0v) is 26.2. The average molecular weight is 568 g/mol. The van der Waals surface area contributed by atoms with E-state index in [2.05, 4.69) is 19.1 Å². The first kappa shape index (κ1) is 38.1. The molecule has 3 unspecified atom stereocenters. The number of nitrogens with zero attached hydrogens (tertiary/aromatic N) is 1. The van der Waals surface area contributed by atoms with Crippen molar-refractivity contribution in [1.29, 1.82) is 0 Å². The molecule has 0 fully saturated rings. The van der Waals surface area contributed by atoms with Crippen molar-refractivity contribution >= 4 is 17.9 Å². The highest BCUT2D eigenvalue weighted by Gasteiger charge is 2.30. The number of carboxylic acid groups (broad SMARTS) is 3. The second-order valence-corrected chi connectivity index (χ2v) is 12.2. The molecule has 7 heteroatoms. The van der Waals surface area contributed by atoms with E-state index in [4.69, 9.17) is 0 Å². The van der Waals surface area contributed by atoms with Gasteiger partial charge in [0.2, 0.25) is 0 Å². The van der Waals surface area contributed by atoms with E-state index in [-0.39, 0.29) is 0 Å². The van der Waals surface area contributed by atoms with E-state index in [0.717, 1.165) is 25.8 Å². The van der Waals surface area contributed by atoms with Crippen LogP contribution in [0.25, 0.3) is 0 Å². The Morgan fingerprint density at radius 1 is 0.600 bits per heavy atom. The quantitative estimate of drug-likeness (QED) is 0.0608. The lowest BCUT2D eigenvalue weighted by Gasteiger charge is -2.41. The molecular formula is C33H61NO6. The highest BCUT2D eigenvalue weighted by molar-refractivity contribution is 5.69. The van der Waals surface area contributed by atoms with Gasteiger partial charge in [-0.15, -0.1) is 0 Å². The van der Waals surface area contributed by atoms with Crippen LogP contribution in [0.4, 0.5) is 0 Å². The zero-order valence-electron chi connectivity index (χ0n) is 26.2. The Labute approximate surface area is 245 Å². The number of hydrogen-bond donors (Lipinski definition) is 2. The van der Waals surface area contributed by atoms with Crippen LogP contribution >= 0.6 is 0 Å². The van der Waals surface area contributed by atoms with Crippen molar-refractivity contribution in [2.75, 3.05) is 26.2 Å². The van der Waals surface area contributed by atoms with E-state index in [1.54, 1.807) is 20.8 Å². The van der Waals surface area contributed by atoms with Crippen LogP contribution in [-0.2, 0) is 14.4 Å². The number of unbranched alkanes of at least 4 members (excludes halogenated alkanes) is 12. The van der Waals surface area contributed by atoms with Gasteiger partial charge in [0.25, 0.3) is 0 Å². The van der Waals surface area contributed by atoms with Crippen molar-refractivity contribution in [3.63, 3.8) is 0 Å². The summed E-state index contributed by atoms with van der Waals surface area (Å²) in [6.45, 7) is 9.93. The van der Waals surface area contributed by atoms with Gasteiger partial charge in [-0.25, -0.2) is 0 Å². The van der Waals surface area contributed by atoms with Crippen LogP contribution in [0, 0.1) is 17.8 Å². The third kappa shape index (κ3) is 20.1. The summed E-state index contributed by atoms with van der Waals surface area (Å²) in [4.78, 5) is 34.3. The Hall–Kier alpha value is -1.89. The number of allylic oxidation sites excluding steroid dienone is 2. The summed E-state index contributed by atoms with van der Waals surface area (Å²) in [5, 5.41) is 30.2. The molecule has 0 bridgehead atoms. The minimum absolute atomic E-state index is 0.445. The van der Waals surface area contributed by atoms with Crippen molar-refractivity contribution in [3.05, 3.63) is 12.2 Å². The summed E-state index contributed by atoms with van der Waals surface area (Å²) in [6.07, 6.45) is 23.3. The van der Waals surface area contributed by atoms with Gasteiger partial charge in [0.05, 0.1) is 38.0 Å². The Morgan fingerprint density at radius 3 is 1.38 bits per heavy atom. The molecule has 0 heterocycles. The van der Waals surface area contributed by atoms with Crippen LogP contribution in [0.3, 0.4) is 0 Å². The summed E-state index contributed by atoms with van der Waals surface area (Å²) in [7, 11) is 0. The molecule has 0 rings (SSSR count). The molecular weight excluding hydrogens is 506 g/mol. The summed E-state index contributed by atoms with van der Waals surface area (Å²) < 4.78 is 0.585. The molecule has 2 N–H and O–H groups in total. The molecule has 0 radical (unpaired) electrons. The van der Waals surface area contributed by atoms with Crippen LogP contribution in [-0.4, -0.2) is 58.8 Å². The average Bonchev–Trinajstić information content (AvgIpc) is 2.92. The van der Waals surface area contributed by atoms with Crippen LogP contribution in [0.15, 0.2) is 12.2 Å². The first-order chi connectivity index (χ1) is 19.0. The molecule has 0 spiro atoms. The van der Waals surface area contributed by atoms with Crippen molar-refractivity contribution in [1.82, 2.24) is 0 Å². The maximum absolute atomic E-state index is 11.5. The van der Waals surface area contributed by atoms with Gasteiger partial charge in [0.1, 0.15) is 0 Å². The van der Waals surface area contributed by atoms with Gasteiger partial charge < -0.3 is 24.6 Å². The molecule has 7 nitrogen and oxygen atoms in total. The predicted octanol–water partition coefficient (Wildman–Crippen LogP) is 6.84. The third-order valence-corrected chi connectivity index (χ3v) is 8.48. The Bertz CT molecular complexity index is 647. The minimum atomic E-state index is -1.07. The largest absolute Gasteiger partial charge is 0.550 e. The SMILES string of the molecule is CCC/C=C/CCCCCCCCCCCCC[N+](CCC(C)C(=O)[O-])(CCC(C)C(=O)O)CCC(C)C(=O)O. The number of carboxylic acids is 3. The number of rotatable bonds is 28. The van der Waals surface area contributed by atoms with E-state index in [1.807, 2.05) is 0 Å². The maximum Gasteiger partial charge on any atom is 0.306 e. The molecule has 0 aromatic carbocycles. The first-order valence-electron chi connectivity index (χ1n) is 16.2. The second kappa shape index (κ2) is 23.8. The number of aliphatic carboxylic acids is 3. The second-order valence-electron chi connectivity index (χ2n) is 12.2. The predicted molar refractivity (Wildman–Crippen MR) is 161 cm³/mol. The molecule has 234 valence electrons. The maximum atomic E-state index is 11.5. The topological polar surface area (TPSA) is 115 Å². The Balaban J connectivity index is 4.62. The highest BCUT2D eigenvalue weighted by atomic mass is 16.4. The lowest BCUT2D eigenvalue weighted by atomic mass is 10.0. The molecule has 0 saturated carbocycles. The fourth-order valence-corrected chi connectivity index (χ4v) is 5.14. The molecule has 0 aliphatic carbocycles. The van der Waals surface area contributed by atoms with Crippen LogP contribution in [0.1, 0.15) is 137 Å². The van der Waals surface area contributed by atoms with Gasteiger partial charge >= 0.3 is 11.9 Å². The third-order valence-electron chi connectivity index (χ3n) is 8.48. The van der Waals surface area contributed by atoms with Crippen molar-refractivity contribution in [2.24, 2.45) is 17.8 Å². The van der Waals surface area contributed by atoms with Gasteiger partial charge in [0, 0.05) is 31.1 Å². The number of quaternary nitrogens is 1. The standard InChI is InChI=1S/C33H61NO6/c1-5-6-7-8-9-10-11-12-13-14-15-16-17-18-19-20-24-34(25-21-28(2)31(35)36,26-22-29(3)32(37)38)27-23-30(4)33(39)40/h7-8,28-30H,5-6,9-27H2,1-4H3,(H2-,35,36,37,38,39,40)/b8-7+. The number of hydrogen-bond acceptors (Lipinski definition) is 4. The molecule has 40 heavy (non-hydrogen) atoms. The molecule has 0 saturated heterocycles. The van der Waals surface area contributed by atoms with Crippen molar-refractivity contribution in [3.8, 4) is 0 Å². The van der Waals surface area contributed by atoms with Gasteiger partial charge in [0.15, 0.2) is 0 Å². The smallest absolute Gasteiger partial charge is 0.306 e. The first-order valence-corrected chi connectivity index (χ1v) is 16.2. The van der Waals surface area contributed by atoms with Gasteiger partial charge in [-0.3, -0.25) is 9.59 Å². The van der Waals surface area contributed by atoms with E-state index in [0.29, 0.717) is 43.4 Å². The van der Waals surface area contributed by atoms with Gasteiger partial charge in [-0.2, -0.15) is 0 Å². The van der Waals surface area contributed by atoms with Gasteiger partial charge in [-0.05, 0) is 32.1 Å². The summed E-state index contributed by atoms with van der Waals surface area (Å²) in [5.41, 5.74) is 0. The van der Waals surface area contributed by atoms with E-state index in [9.17, 15) is 29.7 Å².